The van der Waals surface area contributed by atoms with Crippen LogP contribution in [0.2, 0.25) is 0 Å². The van der Waals surface area contributed by atoms with Crippen molar-refractivity contribution in [3.05, 3.63) is 30.3 Å². The molecule has 170 valence electrons. The summed E-state index contributed by atoms with van der Waals surface area (Å²) in [7, 11) is 4.11. The van der Waals surface area contributed by atoms with Crippen LogP contribution >= 0.6 is 24.0 Å². The third-order valence-corrected chi connectivity index (χ3v) is 6.25. The van der Waals surface area contributed by atoms with Crippen molar-refractivity contribution in [3.8, 4) is 5.75 Å². The summed E-state index contributed by atoms with van der Waals surface area (Å²) in [5, 5.41) is 3.67. The fraction of sp³-hybridized carbons (Fsp3) is 0.696. The Morgan fingerprint density at radius 3 is 2.27 bits per heavy atom. The molecule has 3 rings (SSSR count). The molecular formula is C23H40IN5O. The molecule has 1 unspecified atom stereocenters. The van der Waals surface area contributed by atoms with E-state index < -0.39 is 0 Å². The van der Waals surface area contributed by atoms with Gasteiger partial charge in [0.1, 0.15) is 11.9 Å². The van der Waals surface area contributed by atoms with Gasteiger partial charge in [-0.3, -0.25) is 9.89 Å². The number of rotatable bonds is 6. The summed E-state index contributed by atoms with van der Waals surface area (Å²) in [6, 6.07) is 10.7. The number of piperidine rings is 1. The zero-order valence-electron chi connectivity index (χ0n) is 19.1. The van der Waals surface area contributed by atoms with E-state index in [4.69, 9.17) is 4.74 Å². The van der Waals surface area contributed by atoms with Crippen LogP contribution in [0.4, 0.5) is 0 Å². The number of nitrogens with zero attached hydrogens (tertiary/aromatic N) is 4. The standard InChI is InChI=1S/C23H39N5O.HI/c1-19(2)22(27-16-14-26(4)15-17-27)18-25-23(24-3)28-12-10-21(11-13-28)29-20-8-6-5-7-9-20;/h5-9,19,21-22H,10-18H2,1-4H3,(H,24,25);1H. The molecule has 1 aromatic rings. The summed E-state index contributed by atoms with van der Waals surface area (Å²) in [5.74, 6) is 2.62. The molecule has 0 aliphatic carbocycles. The van der Waals surface area contributed by atoms with Crippen molar-refractivity contribution in [2.24, 2.45) is 10.9 Å². The van der Waals surface area contributed by atoms with E-state index in [1.54, 1.807) is 0 Å². The minimum atomic E-state index is 0. The number of hydrogen-bond acceptors (Lipinski definition) is 4. The van der Waals surface area contributed by atoms with Gasteiger partial charge < -0.3 is 19.9 Å². The monoisotopic (exact) mass is 529 g/mol. The molecule has 1 N–H and O–H groups in total. The van der Waals surface area contributed by atoms with Crippen molar-refractivity contribution in [1.82, 2.24) is 20.0 Å². The molecule has 6 nitrogen and oxygen atoms in total. The quantitative estimate of drug-likeness (QED) is 0.349. The van der Waals surface area contributed by atoms with Gasteiger partial charge >= 0.3 is 0 Å². The molecule has 0 spiro atoms. The van der Waals surface area contributed by atoms with Crippen LogP contribution < -0.4 is 10.1 Å². The van der Waals surface area contributed by atoms with E-state index in [2.05, 4.69) is 45.9 Å². The second kappa shape index (κ2) is 12.7. The maximum atomic E-state index is 6.14. The second-order valence-electron chi connectivity index (χ2n) is 8.70. The van der Waals surface area contributed by atoms with Crippen molar-refractivity contribution in [2.45, 2.75) is 38.8 Å². The average molecular weight is 530 g/mol. The molecule has 1 atom stereocenters. The topological polar surface area (TPSA) is 43.3 Å². The summed E-state index contributed by atoms with van der Waals surface area (Å²) in [5.41, 5.74) is 0. The number of hydrogen-bond donors (Lipinski definition) is 1. The number of guanidine groups is 1. The van der Waals surface area contributed by atoms with Crippen molar-refractivity contribution in [3.63, 3.8) is 0 Å². The number of piperazine rings is 1. The van der Waals surface area contributed by atoms with E-state index in [0.717, 1.165) is 70.4 Å². The third kappa shape index (κ3) is 7.27. The number of aliphatic imine (C=N–C) groups is 1. The zero-order chi connectivity index (χ0) is 20.6. The van der Waals surface area contributed by atoms with Gasteiger partial charge in [0.2, 0.25) is 0 Å². The van der Waals surface area contributed by atoms with Gasteiger partial charge in [0, 0.05) is 71.7 Å². The Morgan fingerprint density at radius 2 is 1.70 bits per heavy atom. The maximum absolute atomic E-state index is 6.14. The predicted molar refractivity (Wildman–Crippen MR) is 136 cm³/mol. The highest BCUT2D eigenvalue weighted by Gasteiger charge is 2.27. The summed E-state index contributed by atoms with van der Waals surface area (Å²) in [6.07, 6.45) is 2.35. The molecule has 2 heterocycles. The molecule has 0 bridgehead atoms. The van der Waals surface area contributed by atoms with Crippen LogP contribution in [0.15, 0.2) is 35.3 Å². The molecule has 2 aliphatic heterocycles. The Hall–Kier alpha value is -1.06. The van der Waals surface area contributed by atoms with Gasteiger partial charge in [-0.05, 0) is 25.1 Å². The van der Waals surface area contributed by atoms with Crippen LogP contribution in [0.25, 0.3) is 0 Å². The SMILES string of the molecule is CN=C(NCC(C(C)C)N1CCN(C)CC1)N1CCC(Oc2ccccc2)CC1.I. The van der Waals surface area contributed by atoms with Gasteiger partial charge in [0.15, 0.2) is 5.96 Å². The van der Waals surface area contributed by atoms with Gasteiger partial charge in [-0.15, -0.1) is 24.0 Å². The molecule has 2 aliphatic rings. The lowest BCUT2D eigenvalue weighted by molar-refractivity contribution is 0.0889. The Balaban J connectivity index is 0.00000320. The Kier molecular flexibility index (Phi) is 10.7. The molecular weight excluding hydrogens is 489 g/mol. The first-order valence-corrected chi connectivity index (χ1v) is 11.2. The van der Waals surface area contributed by atoms with Gasteiger partial charge in [0.25, 0.3) is 0 Å². The van der Waals surface area contributed by atoms with Crippen molar-refractivity contribution in [2.75, 3.05) is 59.9 Å². The normalized spacial score (nSPS) is 20.7. The summed E-state index contributed by atoms with van der Waals surface area (Å²) in [4.78, 5) is 12.0. The fourth-order valence-electron chi connectivity index (χ4n) is 4.35. The highest BCUT2D eigenvalue weighted by atomic mass is 127. The van der Waals surface area contributed by atoms with Crippen LogP contribution in [0, 0.1) is 5.92 Å². The summed E-state index contributed by atoms with van der Waals surface area (Å²) >= 11 is 0. The predicted octanol–water partition coefficient (Wildman–Crippen LogP) is 3.00. The molecule has 7 heteroatoms. The molecule has 1 aromatic carbocycles. The molecule has 2 fully saturated rings. The summed E-state index contributed by atoms with van der Waals surface area (Å²) < 4.78 is 6.14. The average Bonchev–Trinajstić information content (AvgIpc) is 2.74. The number of nitrogens with one attached hydrogen (secondary N) is 1. The molecule has 30 heavy (non-hydrogen) atoms. The Labute approximate surface area is 200 Å². The molecule has 0 amide bonds. The fourth-order valence-corrected chi connectivity index (χ4v) is 4.35. The number of likely N-dealkylation sites (tertiary alicyclic amines) is 1. The van der Waals surface area contributed by atoms with Gasteiger partial charge in [0.05, 0.1) is 0 Å². The first-order valence-electron chi connectivity index (χ1n) is 11.2. The van der Waals surface area contributed by atoms with Crippen molar-refractivity contribution in [1.29, 1.82) is 0 Å². The third-order valence-electron chi connectivity index (χ3n) is 6.25. The largest absolute Gasteiger partial charge is 0.490 e. The lowest BCUT2D eigenvalue weighted by Crippen LogP contribution is -2.56. The maximum Gasteiger partial charge on any atom is 0.193 e. The van der Waals surface area contributed by atoms with Crippen LogP contribution in [-0.2, 0) is 0 Å². The molecule has 0 radical (unpaired) electrons. The number of para-hydroxylation sites is 1. The Morgan fingerprint density at radius 1 is 1.07 bits per heavy atom. The lowest BCUT2D eigenvalue weighted by atomic mass is 10.0. The first kappa shape index (κ1) is 25.2. The minimum Gasteiger partial charge on any atom is -0.490 e. The Bertz CT molecular complexity index is 626. The molecule has 0 aromatic heterocycles. The van der Waals surface area contributed by atoms with Gasteiger partial charge in [-0.1, -0.05) is 32.0 Å². The number of likely N-dealkylation sites (N-methyl/N-ethyl adjacent to an activating group) is 1. The smallest absolute Gasteiger partial charge is 0.193 e. The molecule has 2 saturated heterocycles. The van der Waals surface area contributed by atoms with Gasteiger partial charge in [-0.2, -0.15) is 0 Å². The van der Waals surface area contributed by atoms with Crippen LogP contribution in [0.3, 0.4) is 0 Å². The first-order chi connectivity index (χ1) is 14.1. The highest BCUT2D eigenvalue weighted by molar-refractivity contribution is 14.0. The number of benzene rings is 1. The van der Waals surface area contributed by atoms with E-state index in [1.165, 1.54) is 0 Å². The van der Waals surface area contributed by atoms with Crippen molar-refractivity contribution < 1.29 is 4.74 Å². The van der Waals surface area contributed by atoms with E-state index in [1.807, 2.05) is 37.4 Å². The second-order valence-corrected chi connectivity index (χ2v) is 8.70. The van der Waals surface area contributed by atoms with E-state index >= 15 is 0 Å². The van der Waals surface area contributed by atoms with Crippen LogP contribution in [0.5, 0.6) is 5.75 Å². The van der Waals surface area contributed by atoms with Gasteiger partial charge in [-0.25, -0.2) is 0 Å². The zero-order valence-corrected chi connectivity index (χ0v) is 21.4. The van der Waals surface area contributed by atoms with E-state index in [9.17, 15) is 0 Å². The minimum absolute atomic E-state index is 0. The lowest BCUT2D eigenvalue weighted by Gasteiger charge is -2.41. The summed E-state index contributed by atoms with van der Waals surface area (Å²) in [6.45, 7) is 12.2. The van der Waals surface area contributed by atoms with Crippen LogP contribution in [0.1, 0.15) is 26.7 Å². The van der Waals surface area contributed by atoms with Crippen molar-refractivity contribution >= 4 is 29.9 Å². The number of halogens is 1. The molecule has 0 saturated carbocycles. The number of ether oxygens (including phenoxy) is 1. The van der Waals surface area contributed by atoms with E-state index in [-0.39, 0.29) is 24.0 Å². The van der Waals surface area contributed by atoms with E-state index in [0.29, 0.717) is 18.1 Å². The highest BCUT2D eigenvalue weighted by Crippen LogP contribution is 2.19. The van der Waals surface area contributed by atoms with Crippen LogP contribution in [-0.4, -0.2) is 92.7 Å².